The second kappa shape index (κ2) is 58.3. The average Bonchev–Trinajstić information content (AvgIpc) is 3.43. The van der Waals surface area contributed by atoms with Crippen molar-refractivity contribution in [3.8, 4) is 0 Å². The van der Waals surface area contributed by atoms with E-state index in [2.05, 4.69) is 167 Å². The van der Waals surface area contributed by atoms with E-state index in [0.717, 1.165) is 135 Å². The first kappa shape index (κ1) is 73.1. The normalized spacial score (nSPS) is 14.5. The zero-order valence-corrected chi connectivity index (χ0v) is 49.2. The Morgan fingerprint density at radius 2 is 0.641 bits per heavy atom. The minimum absolute atomic E-state index is 0.0857. The van der Waals surface area contributed by atoms with E-state index >= 15 is 0 Å². The quantitative estimate of drug-likeness (QED) is 0.0197. The molecule has 0 aliphatic heterocycles. The van der Waals surface area contributed by atoms with Crippen molar-refractivity contribution in [1.29, 1.82) is 0 Å². The summed E-state index contributed by atoms with van der Waals surface area (Å²) in [7, 11) is -4.79. The zero-order valence-electron chi connectivity index (χ0n) is 48.3. The second-order valence-corrected chi connectivity index (χ2v) is 20.1. The number of hydrogen-bond acceptors (Lipinski definition) is 10. The van der Waals surface area contributed by atoms with Gasteiger partial charge in [-0.1, -0.05) is 204 Å². The van der Waals surface area contributed by atoms with E-state index in [1.54, 1.807) is 0 Å². The van der Waals surface area contributed by atoms with Crippen molar-refractivity contribution in [2.24, 2.45) is 0 Å². The van der Waals surface area contributed by atoms with Crippen LogP contribution in [-0.4, -0.2) is 66.5 Å². The van der Waals surface area contributed by atoms with Crippen LogP contribution in [0.5, 0.6) is 0 Å². The van der Waals surface area contributed by atoms with E-state index in [0.29, 0.717) is 25.7 Å². The fourth-order valence-electron chi connectivity index (χ4n) is 7.08. The third-order valence-electron chi connectivity index (χ3n) is 11.4. The number of ether oxygens (including phenoxy) is 3. The monoisotopic (exact) mass is 1100 g/mol. The van der Waals surface area contributed by atoms with E-state index in [-0.39, 0.29) is 25.9 Å². The molecule has 2 N–H and O–H groups in total. The summed E-state index contributed by atoms with van der Waals surface area (Å²) >= 11 is 0. The predicted molar refractivity (Wildman–Crippen MR) is 325 cm³/mol. The molecule has 3 unspecified atom stereocenters. The molecule has 0 heterocycles. The average molecular weight is 1100 g/mol. The summed E-state index contributed by atoms with van der Waals surface area (Å²) in [6.07, 6.45) is 76.3. The van der Waals surface area contributed by atoms with Gasteiger partial charge in [-0.05, 0) is 135 Å². The maximum atomic E-state index is 12.9. The number of esters is 3. The third-order valence-corrected chi connectivity index (χ3v) is 12.4. The largest absolute Gasteiger partial charge is 0.472 e. The highest BCUT2D eigenvalue weighted by Crippen LogP contribution is 2.43. The van der Waals surface area contributed by atoms with Crippen molar-refractivity contribution in [1.82, 2.24) is 0 Å². The van der Waals surface area contributed by atoms with Crippen molar-refractivity contribution < 1.29 is 52.2 Å². The lowest BCUT2D eigenvalue weighted by Crippen LogP contribution is -2.30. The van der Waals surface area contributed by atoms with E-state index in [4.69, 9.17) is 23.3 Å². The van der Waals surface area contributed by atoms with E-state index in [9.17, 15) is 28.9 Å². The molecule has 0 aliphatic carbocycles. The summed E-state index contributed by atoms with van der Waals surface area (Å²) in [6, 6.07) is 0. The van der Waals surface area contributed by atoms with Gasteiger partial charge in [-0.25, -0.2) is 4.57 Å². The Morgan fingerprint density at radius 1 is 0.359 bits per heavy atom. The van der Waals surface area contributed by atoms with Crippen LogP contribution >= 0.6 is 7.82 Å². The lowest BCUT2D eigenvalue weighted by atomic mass is 10.1. The molecule has 11 nitrogen and oxygen atoms in total. The Hall–Kier alpha value is -4.90. The van der Waals surface area contributed by atoms with Crippen LogP contribution < -0.4 is 0 Å². The fourth-order valence-corrected chi connectivity index (χ4v) is 7.86. The van der Waals surface area contributed by atoms with Crippen LogP contribution in [0.4, 0.5) is 0 Å². The van der Waals surface area contributed by atoms with Gasteiger partial charge in [0.15, 0.2) is 6.10 Å². The lowest BCUT2D eigenvalue weighted by Gasteiger charge is -2.21. The van der Waals surface area contributed by atoms with Crippen LogP contribution in [0.1, 0.15) is 201 Å². The van der Waals surface area contributed by atoms with Crippen molar-refractivity contribution in [3.63, 3.8) is 0 Å². The second-order valence-electron chi connectivity index (χ2n) is 18.7. The van der Waals surface area contributed by atoms with Gasteiger partial charge in [0, 0.05) is 19.3 Å². The minimum Gasteiger partial charge on any atom is -0.462 e. The molecule has 0 radical (unpaired) electrons. The van der Waals surface area contributed by atoms with Gasteiger partial charge in [-0.2, -0.15) is 0 Å². The van der Waals surface area contributed by atoms with Crippen LogP contribution in [-0.2, 0) is 42.2 Å². The molecule has 438 valence electrons. The smallest absolute Gasteiger partial charge is 0.462 e. The summed E-state index contributed by atoms with van der Waals surface area (Å²) in [6.45, 7) is 4.16. The van der Waals surface area contributed by atoms with Gasteiger partial charge in [0.1, 0.15) is 12.7 Å². The van der Waals surface area contributed by atoms with E-state index in [1.807, 2.05) is 12.2 Å². The maximum absolute atomic E-state index is 12.9. The van der Waals surface area contributed by atoms with E-state index < -0.39 is 57.8 Å². The predicted octanol–water partition coefficient (Wildman–Crippen LogP) is 17.7. The molecule has 78 heavy (non-hydrogen) atoms. The molecule has 3 atom stereocenters. The summed E-state index contributed by atoms with van der Waals surface area (Å²) in [5, 5.41) is 9.82. The SMILES string of the molecule is CC/C=C\C/C=C\C/C=C\C/C=C\C/C=C\CCCCCC(=O)OC(COC(=O)CCCCCCC/C=C\C/C=C\C/C=C\CC)COP(=O)(O)OCC(CO)OC(=O)CCC/C=C\C/C=C\C/C=C\C/C=C\C/C=C\CC. The van der Waals surface area contributed by atoms with Gasteiger partial charge in [0.05, 0.1) is 19.8 Å². The van der Waals surface area contributed by atoms with Gasteiger partial charge in [-0.3, -0.25) is 23.4 Å². The highest BCUT2D eigenvalue weighted by atomic mass is 31.2. The molecule has 0 bridgehead atoms. The van der Waals surface area contributed by atoms with Crippen LogP contribution in [0.3, 0.4) is 0 Å². The Kier molecular flexibility index (Phi) is 54.6. The number of hydrogen-bond donors (Lipinski definition) is 2. The third kappa shape index (κ3) is 55.8. The van der Waals surface area contributed by atoms with Crippen molar-refractivity contribution in [3.05, 3.63) is 158 Å². The van der Waals surface area contributed by atoms with Crippen molar-refractivity contribution in [2.45, 2.75) is 213 Å². The van der Waals surface area contributed by atoms with Crippen molar-refractivity contribution >= 4 is 25.7 Å². The first-order valence-corrected chi connectivity index (χ1v) is 30.9. The molecule has 0 aromatic heterocycles. The summed E-state index contributed by atoms with van der Waals surface area (Å²) in [5.74, 6) is -1.61. The number of carbonyl (C=O) groups is 3. The summed E-state index contributed by atoms with van der Waals surface area (Å²) in [5.41, 5.74) is 0. The standard InChI is InChI=1S/C66H103O11P/c1-4-7-10-13-16-19-22-25-28-30-31-33-36-39-42-45-48-51-54-57-66(70)77-63(59-73-64(68)55-52-49-46-43-40-37-34-27-24-21-18-15-12-9-6-3)61-75-78(71,72)74-60-62(58-67)76-65(69)56-53-50-47-44-41-38-35-32-29-26-23-20-17-14-11-8-5-2/h7-12,16-21,25-29,31,33-35,38-39,42,44,47,62-63,67H,4-6,13-15,22-24,30,32,36-37,40-41,43,45-46,48-61H2,1-3H3,(H,71,72)/b10-7-,11-8-,12-9-,19-16-,20-17-,21-18-,28-25-,29-26-,33-31-,34-27-,38-35-,42-39-,47-44-. The first-order chi connectivity index (χ1) is 38.2. The molecule has 12 heteroatoms. The zero-order chi connectivity index (χ0) is 56.9. The summed E-state index contributed by atoms with van der Waals surface area (Å²) in [4.78, 5) is 48.6. The number of phosphoric ester groups is 1. The fraction of sp³-hybridized carbons (Fsp3) is 0.561. The number of aliphatic hydroxyl groups excluding tert-OH is 1. The first-order valence-electron chi connectivity index (χ1n) is 29.4. The molecule has 0 fully saturated rings. The molecule has 0 saturated heterocycles. The summed E-state index contributed by atoms with van der Waals surface area (Å²) < 4.78 is 39.5. The number of carbonyl (C=O) groups excluding carboxylic acids is 3. The molecule has 0 saturated carbocycles. The molecule has 0 aliphatic rings. The highest BCUT2D eigenvalue weighted by Gasteiger charge is 2.28. The van der Waals surface area contributed by atoms with Gasteiger partial charge < -0.3 is 24.2 Å². The molecule has 0 spiro atoms. The van der Waals surface area contributed by atoms with Crippen LogP contribution in [0.15, 0.2) is 158 Å². The molecular weight excluding hydrogens is 1000 g/mol. The van der Waals surface area contributed by atoms with Crippen molar-refractivity contribution in [2.75, 3.05) is 26.4 Å². The number of unbranched alkanes of at least 4 members (excludes halogenated alkanes) is 9. The number of phosphoric acid groups is 1. The maximum Gasteiger partial charge on any atom is 0.472 e. The molecule has 0 aromatic rings. The van der Waals surface area contributed by atoms with E-state index in [1.165, 1.54) is 0 Å². The Labute approximate surface area is 473 Å². The number of allylic oxidation sites excluding steroid dienone is 26. The van der Waals surface area contributed by atoms with Crippen LogP contribution in [0.2, 0.25) is 0 Å². The van der Waals surface area contributed by atoms with Gasteiger partial charge in [0.25, 0.3) is 0 Å². The Morgan fingerprint density at radius 3 is 1.03 bits per heavy atom. The molecular formula is C66H103O11P. The minimum atomic E-state index is -4.79. The number of rotatable bonds is 52. The Balaban J connectivity index is 4.89. The van der Waals surface area contributed by atoms with Crippen LogP contribution in [0, 0.1) is 0 Å². The number of aliphatic hydroxyl groups is 1. The molecule has 0 rings (SSSR count). The molecule has 0 aromatic carbocycles. The topological polar surface area (TPSA) is 155 Å². The molecule has 0 amide bonds. The lowest BCUT2D eigenvalue weighted by molar-refractivity contribution is -0.161. The Bertz CT molecular complexity index is 1910. The van der Waals surface area contributed by atoms with Gasteiger partial charge >= 0.3 is 25.7 Å². The highest BCUT2D eigenvalue weighted by molar-refractivity contribution is 7.47. The van der Waals surface area contributed by atoms with Gasteiger partial charge in [0.2, 0.25) is 0 Å². The van der Waals surface area contributed by atoms with Gasteiger partial charge in [-0.15, -0.1) is 0 Å². The van der Waals surface area contributed by atoms with Crippen LogP contribution in [0.25, 0.3) is 0 Å².